The minimum atomic E-state index is 0. The summed E-state index contributed by atoms with van der Waals surface area (Å²) in [6.07, 6.45) is 4.21. The normalized spacial score (nSPS) is 17.0. The van der Waals surface area contributed by atoms with Gasteiger partial charge in [-0.3, -0.25) is 0 Å². The van der Waals surface area contributed by atoms with E-state index < -0.39 is 0 Å². The van der Waals surface area contributed by atoms with E-state index in [4.69, 9.17) is 0 Å². The first-order chi connectivity index (χ1) is 3.93. The van der Waals surface area contributed by atoms with Gasteiger partial charge in [-0.05, 0) is 38.3 Å². The minimum absolute atomic E-state index is 0. The molecular weight excluding hydrogens is 134 g/mol. The molecule has 0 radical (unpaired) electrons. The zero-order valence-electron chi connectivity index (χ0n) is 6.02. The van der Waals surface area contributed by atoms with Crippen LogP contribution >= 0.6 is 12.4 Å². The standard InChI is InChI=1S/C7H15N.ClH/c1-2-5-8-6-7-3-4-7;/h7-8H,2-6H2,1H3;1H. The molecule has 0 aromatic heterocycles. The Balaban J connectivity index is 0.000000640. The van der Waals surface area contributed by atoms with Gasteiger partial charge in [-0.1, -0.05) is 6.92 Å². The highest BCUT2D eigenvalue weighted by atomic mass is 35.5. The van der Waals surface area contributed by atoms with Crippen LogP contribution in [0.3, 0.4) is 0 Å². The summed E-state index contributed by atoms with van der Waals surface area (Å²) < 4.78 is 0. The van der Waals surface area contributed by atoms with Crippen molar-refractivity contribution in [3.63, 3.8) is 0 Å². The molecule has 56 valence electrons. The van der Waals surface area contributed by atoms with Crippen molar-refractivity contribution in [2.24, 2.45) is 5.92 Å². The first-order valence-corrected chi connectivity index (χ1v) is 3.64. The molecule has 0 aliphatic heterocycles. The third-order valence-electron chi connectivity index (χ3n) is 1.56. The highest BCUT2D eigenvalue weighted by Gasteiger charge is 2.19. The summed E-state index contributed by atoms with van der Waals surface area (Å²) in [6, 6.07) is 0. The summed E-state index contributed by atoms with van der Waals surface area (Å²) in [5.74, 6) is 1.04. The third-order valence-corrected chi connectivity index (χ3v) is 1.56. The Kier molecular flexibility index (Phi) is 5.21. The van der Waals surface area contributed by atoms with Crippen LogP contribution in [0, 0.1) is 5.92 Å². The lowest BCUT2D eigenvalue weighted by Crippen LogP contribution is -2.16. The molecule has 0 heterocycles. The lowest BCUT2D eigenvalue weighted by molar-refractivity contribution is 0.630. The van der Waals surface area contributed by atoms with Gasteiger partial charge in [0.1, 0.15) is 0 Å². The van der Waals surface area contributed by atoms with Crippen molar-refractivity contribution in [3.8, 4) is 0 Å². The van der Waals surface area contributed by atoms with Crippen LogP contribution in [-0.4, -0.2) is 13.1 Å². The quantitative estimate of drug-likeness (QED) is 0.602. The average molecular weight is 150 g/mol. The Morgan fingerprint density at radius 1 is 1.44 bits per heavy atom. The highest BCUT2D eigenvalue weighted by Crippen LogP contribution is 2.27. The van der Waals surface area contributed by atoms with Crippen LogP contribution in [0.1, 0.15) is 26.2 Å². The summed E-state index contributed by atoms with van der Waals surface area (Å²) in [7, 11) is 0. The molecule has 0 spiro atoms. The van der Waals surface area contributed by atoms with Crippen LogP contribution in [-0.2, 0) is 0 Å². The average Bonchev–Trinajstić information content (AvgIpc) is 2.51. The fraction of sp³-hybridized carbons (Fsp3) is 1.00. The van der Waals surface area contributed by atoms with Gasteiger partial charge in [-0.25, -0.2) is 0 Å². The second kappa shape index (κ2) is 5.07. The summed E-state index contributed by atoms with van der Waals surface area (Å²) in [5, 5.41) is 3.40. The van der Waals surface area contributed by atoms with E-state index in [9.17, 15) is 0 Å². The zero-order valence-corrected chi connectivity index (χ0v) is 6.84. The molecule has 2 heteroatoms. The first kappa shape index (κ1) is 9.25. The van der Waals surface area contributed by atoms with Crippen LogP contribution < -0.4 is 5.32 Å². The molecule has 9 heavy (non-hydrogen) atoms. The van der Waals surface area contributed by atoms with Gasteiger partial charge in [-0.2, -0.15) is 0 Å². The van der Waals surface area contributed by atoms with Gasteiger partial charge in [0, 0.05) is 0 Å². The van der Waals surface area contributed by atoms with Crippen LogP contribution in [0.25, 0.3) is 0 Å². The molecule has 0 aromatic rings. The maximum Gasteiger partial charge on any atom is -0.00205 e. The Bertz CT molecular complexity index is 61.9. The van der Waals surface area contributed by atoms with E-state index in [2.05, 4.69) is 12.2 Å². The van der Waals surface area contributed by atoms with Gasteiger partial charge in [-0.15, -0.1) is 12.4 Å². The molecule has 0 atom stereocenters. The molecule has 1 aliphatic carbocycles. The molecule has 0 saturated heterocycles. The molecule has 1 fully saturated rings. The summed E-state index contributed by atoms with van der Waals surface area (Å²) in [4.78, 5) is 0. The third kappa shape index (κ3) is 4.73. The lowest BCUT2D eigenvalue weighted by Gasteiger charge is -1.97. The maximum absolute atomic E-state index is 3.40. The monoisotopic (exact) mass is 149 g/mol. The molecule has 1 nitrogen and oxygen atoms in total. The predicted octanol–water partition coefficient (Wildman–Crippen LogP) is 1.82. The van der Waals surface area contributed by atoms with E-state index in [0.717, 1.165) is 5.92 Å². The minimum Gasteiger partial charge on any atom is -0.316 e. The highest BCUT2D eigenvalue weighted by molar-refractivity contribution is 5.85. The lowest BCUT2D eigenvalue weighted by atomic mass is 10.4. The summed E-state index contributed by atoms with van der Waals surface area (Å²) in [5.41, 5.74) is 0. The van der Waals surface area contributed by atoms with Crippen molar-refractivity contribution in [1.82, 2.24) is 5.32 Å². The molecule has 1 N–H and O–H groups in total. The van der Waals surface area contributed by atoms with E-state index in [0.29, 0.717) is 0 Å². The Hall–Kier alpha value is 0.250. The van der Waals surface area contributed by atoms with Gasteiger partial charge in [0.15, 0.2) is 0 Å². The molecule has 0 bridgehead atoms. The number of hydrogen-bond acceptors (Lipinski definition) is 1. The van der Waals surface area contributed by atoms with Crippen LogP contribution in [0.4, 0.5) is 0 Å². The van der Waals surface area contributed by atoms with Crippen molar-refractivity contribution in [1.29, 1.82) is 0 Å². The van der Waals surface area contributed by atoms with Gasteiger partial charge in [0.05, 0.1) is 0 Å². The molecular formula is C7H16ClN. The van der Waals surface area contributed by atoms with Gasteiger partial charge in [0.25, 0.3) is 0 Å². The van der Waals surface area contributed by atoms with E-state index in [1.54, 1.807) is 0 Å². The van der Waals surface area contributed by atoms with Crippen LogP contribution in [0.5, 0.6) is 0 Å². The van der Waals surface area contributed by atoms with Crippen molar-refractivity contribution >= 4 is 12.4 Å². The Labute approximate surface area is 63.6 Å². The smallest absolute Gasteiger partial charge is 0.00205 e. The van der Waals surface area contributed by atoms with Gasteiger partial charge < -0.3 is 5.32 Å². The van der Waals surface area contributed by atoms with Crippen molar-refractivity contribution in [2.45, 2.75) is 26.2 Å². The van der Waals surface area contributed by atoms with E-state index in [1.165, 1.54) is 32.4 Å². The fourth-order valence-electron chi connectivity index (χ4n) is 0.805. The molecule has 1 saturated carbocycles. The fourth-order valence-corrected chi connectivity index (χ4v) is 0.805. The largest absolute Gasteiger partial charge is 0.316 e. The number of hydrogen-bond donors (Lipinski definition) is 1. The second-order valence-corrected chi connectivity index (χ2v) is 2.65. The van der Waals surface area contributed by atoms with Crippen LogP contribution in [0.2, 0.25) is 0 Å². The first-order valence-electron chi connectivity index (χ1n) is 3.64. The second-order valence-electron chi connectivity index (χ2n) is 2.65. The zero-order chi connectivity index (χ0) is 5.82. The van der Waals surface area contributed by atoms with Crippen molar-refractivity contribution in [3.05, 3.63) is 0 Å². The predicted molar refractivity (Wildman–Crippen MR) is 43.1 cm³/mol. The van der Waals surface area contributed by atoms with Gasteiger partial charge in [0.2, 0.25) is 0 Å². The van der Waals surface area contributed by atoms with E-state index >= 15 is 0 Å². The Morgan fingerprint density at radius 3 is 2.56 bits per heavy atom. The van der Waals surface area contributed by atoms with E-state index in [1.807, 2.05) is 0 Å². The van der Waals surface area contributed by atoms with Crippen LogP contribution in [0.15, 0.2) is 0 Å². The molecule has 1 aliphatic rings. The van der Waals surface area contributed by atoms with E-state index in [-0.39, 0.29) is 12.4 Å². The van der Waals surface area contributed by atoms with Gasteiger partial charge >= 0.3 is 0 Å². The summed E-state index contributed by atoms with van der Waals surface area (Å²) >= 11 is 0. The number of halogens is 1. The molecule has 0 unspecified atom stereocenters. The molecule has 1 rings (SSSR count). The topological polar surface area (TPSA) is 12.0 Å². The Morgan fingerprint density at radius 2 is 2.11 bits per heavy atom. The number of rotatable bonds is 4. The maximum atomic E-state index is 3.40. The van der Waals surface area contributed by atoms with Crippen molar-refractivity contribution in [2.75, 3.05) is 13.1 Å². The number of nitrogens with one attached hydrogen (secondary N) is 1. The van der Waals surface area contributed by atoms with Crippen molar-refractivity contribution < 1.29 is 0 Å². The molecule has 0 amide bonds. The summed E-state index contributed by atoms with van der Waals surface area (Å²) in [6.45, 7) is 4.68. The SMILES string of the molecule is CCCNCC1CC1.Cl. The molecule has 0 aromatic carbocycles.